The molecule has 1 aromatic heterocycles. The van der Waals surface area contributed by atoms with Crippen molar-refractivity contribution < 1.29 is 14.0 Å². The van der Waals surface area contributed by atoms with Crippen molar-refractivity contribution in [3.8, 4) is 0 Å². The summed E-state index contributed by atoms with van der Waals surface area (Å²) in [6.07, 6.45) is 1.97. The normalized spacial score (nSPS) is 21.7. The van der Waals surface area contributed by atoms with Crippen LogP contribution in [0.3, 0.4) is 0 Å². The molecular weight excluding hydrogens is 369 g/mol. The first-order chi connectivity index (χ1) is 14.0. The molecule has 2 saturated carbocycles. The fourth-order valence-corrected chi connectivity index (χ4v) is 4.05. The summed E-state index contributed by atoms with van der Waals surface area (Å²) in [5.74, 6) is 0.154. The van der Waals surface area contributed by atoms with Crippen LogP contribution in [0.2, 0.25) is 0 Å². The number of hydrogen-bond donors (Lipinski definition) is 2. The van der Waals surface area contributed by atoms with Crippen LogP contribution in [0.25, 0.3) is 11.0 Å². The number of benzene rings is 2. The highest BCUT2D eigenvalue weighted by Gasteiger charge is 2.54. The van der Waals surface area contributed by atoms with Crippen molar-refractivity contribution in [1.29, 1.82) is 0 Å². The predicted octanol–water partition coefficient (Wildman–Crippen LogP) is 3.57. The molecule has 0 aliphatic heterocycles. The molecule has 2 aromatic carbocycles. The molecule has 2 fully saturated rings. The highest BCUT2D eigenvalue weighted by atomic mass is 19.1. The van der Waals surface area contributed by atoms with Crippen molar-refractivity contribution in [2.45, 2.75) is 44.1 Å². The number of rotatable bonds is 6. The van der Waals surface area contributed by atoms with Crippen LogP contribution < -0.4 is 5.32 Å². The van der Waals surface area contributed by atoms with Crippen molar-refractivity contribution in [2.24, 2.45) is 5.92 Å². The molecule has 3 aromatic rings. The SMILES string of the molecule is Cc1cccc(CC(=O)C2(NC(=O)[C@H]3C[C@@H]3c3nc4ccccc4[nH]3)CC2)c1F. The molecule has 0 spiro atoms. The smallest absolute Gasteiger partial charge is 0.224 e. The number of hydrogen-bond acceptors (Lipinski definition) is 3. The highest BCUT2D eigenvalue weighted by Crippen LogP contribution is 2.48. The number of fused-ring (bicyclic) bond motifs is 1. The van der Waals surface area contributed by atoms with Crippen molar-refractivity contribution in [3.05, 3.63) is 65.2 Å². The van der Waals surface area contributed by atoms with Gasteiger partial charge in [0.05, 0.1) is 16.6 Å². The first kappa shape index (κ1) is 18.0. The number of halogens is 1. The lowest BCUT2D eigenvalue weighted by molar-refractivity contribution is -0.129. The second-order valence-electron chi connectivity index (χ2n) is 8.31. The Kier molecular flexibility index (Phi) is 4.05. The topological polar surface area (TPSA) is 74.8 Å². The van der Waals surface area contributed by atoms with Crippen LogP contribution in [0, 0.1) is 18.7 Å². The van der Waals surface area contributed by atoms with Gasteiger partial charge in [-0.05, 0) is 49.4 Å². The number of para-hydroxylation sites is 2. The summed E-state index contributed by atoms with van der Waals surface area (Å²) >= 11 is 0. The van der Waals surface area contributed by atoms with E-state index in [0.717, 1.165) is 23.3 Å². The second kappa shape index (κ2) is 6.51. The Hall–Kier alpha value is -3.02. The van der Waals surface area contributed by atoms with E-state index >= 15 is 0 Å². The Balaban J connectivity index is 1.25. The number of amides is 1. The molecule has 1 heterocycles. The summed E-state index contributed by atoms with van der Waals surface area (Å²) in [6, 6.07) is 12.9. The van der Waals surface area contributed by atoms with Crippen LogP contribution in [0.15, 0.2) is 42.5 Å². The summed E-state index contributed by atoms with van der Waals surface area (Å²) in [7, 11) is 0. The number of Topliss-reactive ketones (excluding diaryl/α,β-unsaturated/α-hetero) is 1. The number of ketones is 1. The first-order valence-electron chi connectivity index (χ1n) is 10.0. The maximum Gasteiger partial charge on any atom is 0.224 e. The molecule has 2 N–H and O–H groups in total. The monoisotopic (exact) mass is 391 g/mol. The summed E-state index contributed by atoms with van der Waals surface area (Å²) < 4.78 is 14.2. The number of nitrogens with zero attached hydrogens (tertiary/aromatic N) is 1. The maximum atomic E-state index is 14.2. The molecule has 6 heteroatoms. The summed E-state index contributed by atoms with van der Waals surface area (Å²) in [6.45, 7) is 1.68. The Labute approximate surface area is 167 Å². The third kappa shape index (κ3) is 3.22. The van der Waals surface area contributed by atoms with E-state index in [1.54, 1.807) is 25.1 Å². The van der Waals surface area contributed by atoms with Crippen LogP contribution in [0.1, 0.15) is 42.1 Å². The van der Waals surface area contributed by atoms with Gasteiger partial charge in [-0.25, -0.2) is 9.37 Å². The van der Waals surface area contributed by atoms with E-state index in [0.29, 0.717) is 24.0 Å². The lowest BCUT2D eigenvalue weighted by Gasteiger charge is -2.17. The fourth-order valence-electron chi connectivity index (χ4n) is 4.05. The molecule has 29 heavy (non-hydrogen) atoms. The van der Waals surface area contributed by atoms with Crippen LogP contribution in [-0.2, 0) is 16.0 Å². The van der Waals surface area contributed by atoms with Crippen molar-refractivity contribution >= 4 is 22.7 Å². The van der Waals surface area contributed by atoms with Gasteiger partial charge in [-0.15, -0.1) is 0 Å². The van der Waals surface area contributed by atoms with Gasteiger partial charge in [0.1, 0.15) is 11.6 Å². The molecular formula is C23H22FN3O2. The van der Waals surface area contributed by atoms with Gasteiger partial charge in [-0.2, -0.15) is 0 Å². The van der Waals surface area contributed by atoms with Gasteiger partial charge in [0.2, 0.25) is 5.91 Å². The number of carbonyl (C=O) groups excluding carboxylic acids is 2. The third-order valence-corrected chi connectivity index (χ3v) is 6.16. The fraction of sp³-hybridized carbons (Fsp3) is 0.348. The second-order valence-corrected chi connectivity index (χ2v) is 8.31. The lowest BCUT2D eigenvalue weighted by atomic mass is 9.99. The average molecular weight is 391 g/mol. The van der Waals surface area contributed by atoms with Crippen molar-refractivity contribution in [2.75, 3.05) is 0 Å². The van der Waals surface area contributed by atoms with E-state index in [1.165, 1.54) is 0 Å². The van der Waals surface area contributed by atoms with Gasteiger partial charge in [-0.3, -0.25) is 9.59 Å². The van der Waals surface area contributed by atoms with Gasteiger partial charge in [-0.1, -0.05) is 30.3 Å². The van der Waals surface area contributed by atoms with E-state index < -0.39 is 5.54 Å². The van der Waals surface area contributed by atoms with Gasteiger partial charge < -0.3 is 10.3 Å². The predicted molar refractivity (Wildman–Crippen MR) is 107 cm³/mol. The Morgan fingerprint density at radius 1 is 1.21 bits per heavy atom. The minimum atomic E-state index is -0.825. The minimum absolute atomic E-state index is 0.00542. The zero-order valence-electron chi connectivity index (χ0n) is 16.2. The molecule has 2 atom stereocenters. The summed E-state index contributed by atoms with van der Waals surface area (Å²) in [4.78, 5) is 33.4. The highest BCUT2D eigenvalue weighted by molar-refractivity contribution is 5.98. The first-order valence-corrected chi connectivity index (χ1v) is 10.0. The summed E-state index contributed by atoms with van der Waals surface area (Å²) in [5, 5.41) is 2.96. The molecule has 0 saturated heterocycles. The van der Waals surface area contributed by atoms with Crippen LogP contribution in [-0.4, -0.2) is 27.2 Å². The largest absolute Gasteiger partial charge is 0.343 e. The number of nitrogens with one attached hydrogen (secondary N) is 2. The summed E-state index contributed by atoms with van der Waals surface area (Å²) in [5.41, 5.74) is 1.94. The number of aromatic nitrogens is 2. The van der Waals surface area contributed by atoms with E-state index in [-0.39, 0.29) is 35.8 Å². The molecule has 0 unspecified atom stereocenters. The quantitative estimate of drug-likeness (QED) is 0.675. The van der Waals surface area contributed by atoms with E-state index in [4.69, 9.17) is 0 Å². The minimum Gasteiger partial charge on any atom is -0.343 e. The average Bonchev–Trinajstić information content (AvgIpc) is 3.62. The van der Waals surface area contributed by atoms with E-state index in [1.807, 2.05) is 24.3 Å². The van der Waals surface area contributed by atoms with Crippen molar-refractivity contribution in [1.82, 2.24) is 15.3 Å². The van der Waals surface area contributed by atoms with Crippen LogP contribution >= 0.6 is 0 Å². The van der Waals surface area contributed by atoms with Gasteiger partial charge in [0, 0.05) is 18.3 Å². The number of aryl methyl sites for hydroxylation is 1. The van der Waals surface area contributed by atoms with Crippen LogP contribution in [0.5, 0.6) is 0 Å². The molecule has 148 valence electrons. The zero-order valence-corrected chi connectivity index (χ0v) is 16.2. The van der Waals surface area contributed by atoms with E-state index in [2.05, 4.69) is 15.3 Å². The zero-order chi connectivity index (χ0) is 20.2. The molecule has 5 rings (SSSR count). The number of imidazole rings is 1. The Morgan fingerprint density at radius 2 is 2.00 bits per heavy atom. The maximum absolute atomic E-state index is 14.2. The molecule has 1 amide bonds. The van der Waals surface area contributed by atoms with Crippen molar-refractivity contribution in [3.63, 3.8) is 0 Å². The number of aromatic amines is 1. The molecule has 5 nitrogen and oxygen atoms in total. The molecule has 2 aliphatic rings. The van der Waals surface area contributed by atoms with Gasteiger partial charge in [0.15, 0.2) is 5.78 Å². The Morgan fingerprint density at radius 3 is 2.76 bits per heavy atom. The van der Waals surface area contributed by atoms with Crippen LogP contribution in [0.4, 0.5) is 4.39 Å². The molecule has 0 bridgehead atoms. The number of carbonyl (C=O) groups is 2. The van der Waals surface area contributed by atoms with Gasteiger partial charge in [0.25, 0.3) is 0 Å². The number of H-pyrrole nitrogens is 1. The molecule has 0 radical (unpaired) electrons. The standard InChI is InChI=1S/C23H22FN3O2/c1-13-5-4-6-14(20(13)24)11-19(28)23(9-10-23)27-22(29)16-12-15(16)21-25-17-7-2-3-8-18(17)26-21/h2-8,15-16H,9-12H2,1H3,(H,25,26)(H,27,29)/t15-,16-/m0/s1. The van der Waals surface area contributed by atoms with E-state index in [9.17, 15) is 14.0 Å². The Bertz CT molecular complexity index is 1100. The molecule has 2 aliphatic carbocycles. The third-order valence-electron chi connectivity index (χ3n) is 6.16. The van der Waals surface area contributed by atoms with Gasteiger partial charge >= 0.3 is 0 Å². The lowest BCUT2D eigenvalue weighted by Crippen LogP contribution is -2.44.